The van der Waals surface area contributed by atoms with E-state index in [-0.39, 0.29) is 18.0 Å². The lowest BCUT2D eigenvalue weighted by atomic mass is 10.1. The molecule has 0 N–H and O–H groups in total. The number of hydrogen-bond donors (Lipinski definition) is 0. The molecule has 0 fully saturated rings. The first-order valence-corrected chi connectivity index (χ1v) is 16.0. The summed E-state index contributed by atoms with van der Waals surface area (Å²) < 4.78 is 20.1. The van der Waals surface area contributed by atoms with Crippen LogP contribution in [0.2, 0.25) is 10.0 Å². The van der Waals surface area contributed by atoms with Crippen molar-refractivity contribution in [2.24, 2.45) is 5.10 Å². The van der Waals surface area contributed by atoms with Gasteiger partial charge in [-0.3, -0.25) is 4.79 Å². The largest absolute Gasteiger partial charge is 0.490 e. The lowest BCUT2D eigenvalue weighted by Crippen LogP contribution is -2.20. The zero-order valence-electron chi connectivity index (χ0n) is 24.3. The first kappa shape index (κ1) is 30.0. The van der Waals surface area contributed by atoms with Crippen molar-refractivity contribution in [1.29, 1.82) is 0 Å². The minimum absolute atomic E-state index is 0.231. The Morgan fingerprint density at radius 1 is 0.913 bits per heavy atom. The van der Waals surface area contributed by atoms with Crippen LogP contribution in [0.1, 0.15) is 18.1 Å². The number of benzene rings is 5. The highest BCUT2D eigenvalue weighted by Gasteiger charge is 2.20. The maximum atomic E-state index is 13.8. The third-order valence-electron chi connectivity index (χ3n) is 7.47. The Bertz CT molecular complexity index is 2360. The van der Waals surface area contributed by atoms with Crippen LogP contribution in [0.5, 0.6) is 11.5 Å². The maximum absolute atomic E-state index is 13.8. The molecule has 0 aliphatic heterocycles. The molecule has 0 amide bonds. The van der Waals surface area contributed by atoms with Crippen molar-refractivity contribution in [1.82, 2.24) is 9.66 Å². The van der Waals surface area contributed by atoms with Crippen LogP contribution in [-0.2, 0) is 6.61 Å². The summed E-state index contributed by atoms with van der Waals surface area (Å²) >= 11 is 16.7. The van der Waals surface area contributed by atoms with Crippen molar-refractivity contribution in [3.8, 4) is 23.1 Å². The van der Waals surface area contributed by atoms with Crippen LogP contribution < -0.4 is 15.0 Å². The van der Waals surface area contributed by atoms with Crippen LogP contribution in [0.4, 0.5) is 0 Å². The smallest absolute Gasteiger partial charge is 0.282 e. The van der Waals surface area contributed by atoms with E-state index in [9.17, 15) is 4.79 Å². The SMILES string of the molecule is CCOc1cc(C=Nn2c(-c3cc4cc(Cl)ccc4o3)nc3ccccc3c2=O)c(Br)c(Cl)c1OCc1cccc2ccccc12. The molecule has 0 saturated heterocycles. The van der Waals surface area contributed by atoms with Crippen molar-refractivity contribution < 1.29 is 13.9 Å². The normalized spacial score (nSPS) is 11.7. The van der Waals surface area contributed by atoms with Crippen LogP contribution in [-0.4, -0.2) is 22.5 Å². The average Bonchev–Trinajstić information content (AvgIpc) is 3.49. The van der Waals surface area contributed by atoms with Gasteiger partial charge >= 0.3 is 0 Å². The van der Waals surface area contributed by atoms with Crippen molar-refractivity contribution in [2.45, 2.75) is 13.5 Å². The van der Waals surface area contributed by atoms with Crippen LogP contribution >= 0.6 is 39.1 Å². The molecular weight excluding hydrogens is 689 g/mol. The summed E-state index contributed by atoms with van der Waals surface area (Å²) in [6.07, 6.45) is 1.52. The van der Waals surface area contributed by atoms with Crippen LogP contribution in [0.3, 0.4) is 0 Å². The van der Waals surface area contributed by atoms with Gasteiger partial charge in [-0.15, -0.1) is 0 Å². The number of furan rings is 1. The van der Waals surface area contributed by atoms with Crippen molar-refractivity contribution in [2.75, 3.05) is 6.61 Å². The monoisotopic (exact) mass is 711 g/mol. The highest BCUT2D eigenvalue weighted by molar-refractivity contribution is 9.10. The molecule has 0 aliphatic carbocycles. The Morgan fingerprint density at radius 2 is 1.70 bits per heavy atom. The highest BCUT2D eigenvalue weighted by Crippen LogP contribution is 2.43. The fourth-order valence-corrected chi connectivity index (χ4v) is 6.13. The summed E-state index contributed by atoms with van der Waals surface area (Å²) in [5, 5.41) is 8.88. The van der Waals surface area contributed by atoms with Gasteiger partial charge in [0.1, 0.15) is 17.2 Å². The summed E-state index contributed by atoms with van der Waals surface area (Å²) in [6, 6.07) is 30.2. The Morgan fingerprint density at radius 3 is 2.54 bits per heavy atom. The second-order valence-electron chi connectivity index (χ2n) is 10.4. The van der Waals surface area contributed by atoms with Gasteiger partial charge in [-0.2, -0.15) is 9.78 Å². The van der Waals surface area contributed by atoms with E-state index in [2.05, 4.69) is 39.2 Å². The number of ether oxygens (including phenoxy) is 2. The van der Waals surface area contributed by atoms with Crippen LogP contribution in [0.15, 0.2) is 116 Å². The summed E-state index contributed by atoms with van der Waals surface area (Å²) in [4.78, 5) is 18.5. The quantitative estimate of drug-likeness (QED) is 0.147. The van der Waals surface area contributed by atoms with E-state index in [1.807, 2.05) is 37.3 Å². The molecule has 46 heavy (non-hydrogen) atoms. The number of aromatic nitrogens is 2. The van der Waals surface area contributed by atoms with Crippen LogP contribution in [0.25, 0.3) is 44.2 Å². The number of nitrogens with zero attached hydrogens (tertiary/aromatic N) is 3. The molecule has 7 aromatic rings. The van der Waals surface area contributed by atoms with Gasteiger partial charge in [0.15, 0.2) is 17.3 Å². The van der Waals surface area contributed by atoms with E-state index in [0.717, 1.165) is 21.7 Å². The fraction of sp³-hybridized carbons (Fsp3) is 0.0833. The van der Waals surface area contributed by atoms with Gasteiger partial charge in [-0.1, -0.05) is 77.8 Å². The topological polar surface area (TPSA) is 78.9 Å². The molecule has 7 nitrogen and oxygen atoms in total. The molecule has 2 aromatic heterocycles. The van der Waals surface area contributed by atoms with Gasteiger partial charge in [0.25, 0.3) is 5.56 Å². The van der Waals surface area contributed by atoms with Gasteiger partial charge in [0.05, 0.1) is 23.7 Å². The molecule has 228 valence electrons. The van der Waals surface area contributed by atoms with E-state index in [1.54, 1.807) is 48.5 Å². The highest BCUT2D eigenvalue weighted by atomic mass is 79.9. The van der Waals surface area contributed by atoms with Crippen molar-refractivity contribution in [3.05, 3.63) is 133 Å². The zero-order valence-corrected chi connectivity index (χ0v) is 27.4. The molecule has 0 atom stereocenters. The molecule has 0 aliphatic rings. The Kier molecular flexibility index (Phi) is 8.25. The number of hydrogen-bond acceptors (Lipinski definition) is 6. The lowest BCUT2D eigenvalue weighted by Gasteiger charge is -2.17. The lowest BCUT2D eigenvalue weighted by molar-refractivity contribution is 0.270. The molecule has 0 radical (unpaired) electrons. The third-order valence-corrected chi connectivity index (χ3v) is 9.15. The van der Waals surface area contributed by atoms with Gasteiger partial charge < -0.3 is 13.9 Å². The van der Waals surface area contributed by atoms with E-state index < -0.39 is 0 Å². The van der Waals surface area contributed by atoms with Gasteiger partial charge in [0, 0.05) is 20.4 Å². The van der Waals surface area contributed by atoms with Gasteiger partial charge in [0.2, 0.25) is 5.82 Å². The minimum atomic E-state index is -0.363. The zero-order chi connectivity index (χ0) is 31.8. The predicted molar refractivity (Wildman–Crippen MR) is 188 cm³/mol. The molecule has 0 spiro atoms. The van der Waals surface area contributed by atoms with E-state index in [1.165, 1.54) is 10.9 Å². The molecule has 0 bridgehead atoms. The predicted octanol–water partition coefficient (Wildman–Crippen LogP) is 9.89. The summed E-state index contributed by atoms with van der Waals surface area (Å²) in [7, 11) is 0. The minimum Gasteiger partial charge on any atom is -0.490 e. The summed E-state index contributed by atoms with van der Waals surface area (Å²) in [5.74, 6) is 1.43. The Labute approximate surface area is 281 Å². The molecule has 0 saturated carbocycles. The second kappa shape index (κ2) is 12.6. The second-order valence-corrected chi connectivity index (χ2v) is 12.0. The summed E-state index contributed by atoms with van der Waals surface area (Å²) in [5.41, 5.74) is 2.34. The first-order chi connectivity index (χ1) is 22.4. The first-order valence-electron chi connectivity index (χ1n) is 14.4. The number of fused-ring (bicyclic) bond motifs is 3. The Balaban J connectivity index is 1.30. The third kappa shape index (κ3) is 5.64. The molecule has 7 rings (SSSR count). The molecule has 5 aromatic carbocycles. The molecule has 10 heteroatoms. The molecule has 0 unspecified atom stereocenters. The van der Waals surface area contributed by atoms with Crippen molar-refractivity contribution in [3.63, 3.8) is 0 Å². The maximum Gasteiger partial charge on any atom is 0.282 e. The standard InChI is InChI=1S/C36H24BrCl2N3O4/c1-2-44-30-18-24(32(37)33(39)34(30)45-20-22-10-7-9-21-8-3-4-11-26(21)22)19-40-42-35(41-28-13-6-5-12-27(28)36(42)43)31-17-23-16-25(38)14-15-29(23)46-31/h3-19H,2,20H2,1H3. The van der Waals surface area contributed by atoms with Crippen LogP contribution in [0, 0.1) is 0 Å². The number of halogens is 3. The molecular formula is C36H24BrCl2N3O4. The van der Waals surface area contributed by atoms with Gasteiger partial charge in [-0.25, -0.2) is 4.98 Å². The number of para-hydroxylation sites is 1. The Hall–Kier alpha value is -4.63. The van der Waals surface area contributed by atoms with E-state index in [4.69, 9.17) is 42.1 Å². The summed E-state index contributed by atoms with van der Waals surface area (Å²) in [6.45, 7) is 2.55. The fourth-order valence-electron chi connectivity index (χ4n) is 5.30. The van der Waals surface area contributed by atoms with E-state index >= 15 is 0 Å². The average molecular weight is 713 g/mol. The number of rotatable bonds is 8. The van der Waals surface area contributed by atoms with Crippen molar-refractivity contribution >= 4 is 78.0 Å². The van der Waals surface area contributed by atoms with E-state index in [0.29, 0.717) is 60.4 Å². The van der Waals surface area contributed by atoms with Gasteiger partial charge in [-0.05, 0) is 81.7 Å². The molecule has 2 heterocycles.